The predicted molar refractivity (Wildman–Crippen MR) is 257 cm³/mol. The lowest BCUT2D eigenvalue weighted by Crippen LogP contribution is -2.44. The van der Waals surface area contributed by atoms with E-state index in [-0.39, 0.29) is 19.5 Å². The number of ether oxygens (including phenoxy) is 7. The smallest absolute Gasteiger partial charge is 0.329 e. The average Bonchev–Trinajstić information content (AvgIpc) is 4.14. The van der Waals surface area contributed by atoms with E-state index in [4.69, 9.17) is 33.2 Å². The summed E-state index contributed by atoms with van der Waals surface area (Å²) in [7, 11) is 2.38. The summed E-state index contributed by atoms with van der Waals surface area (Å²) in [5, 5.41) is 9.22. The normalized spacial score (nSPS) is 16.1. The van der Waals surface area contributed by atoms with Crippen molar-refractivity contribution < 1.29 is 67.0 Å². The van der Waals surface area contributed by atoms with E-state index in [1.54, 1.807) is 45.0 Å². The van der Waals surface area contributed by atoms with Gasteiger partial charge in [-0.1, -0.05) is 121 Å². The molecule has 2 atom stereocenters. The van der Waals surface area contributed by atoms with Gasteiger partial charge in [-0.2, -0.15) is 0 Å². The van der Waals surface area contributed by atoms with E-state index >= 15 is 0 Å². The van der Waals surface area contributed by atoms with Gasteiger partial charge in [0.1, 0.15) is 17.7 Å². The summed E-state index contributed by atoms with van der Waals surface area (Å²) in [6, 6.07) is 42.6. The van der Waals surface area contributed by atoms with E-state index in [0.717, 1.165) is 29.4 Å². The number of benzene rings is 6. The number of methoxy groups -OCH3 is 2. The average molecular weight is 975 g/mol. The van der Waals surface area contributed by atoms with Crippen LogP contribution in [0.1, 0.15) is 87.7 Å². The SMILES string of the molecule is COC(=O)[C@H](CC(=O)O)N1Cc2cc3c(cc2C1=O)OC(c1ccccc1)(c1ccccc1)O3.COC(=O)[C@H](CC(=O)OC(C)(C)C)N1Cc2cc3c(cc2C1=O)OC(c1ccccc1)(c1ccccc1)O3. The lowest BCUT2D eigenvalue weighted by molar-refractivity contribution is -0.161. The summed E-state index contributed by atoms with van der Waals surface area (Å²) in [5.74, 6) is -4.85. The molecule has 72 heavy (non-hydrogen) atoms. The van der Waals surface area contributed by atoms with Gasteiger partial charge in [0.2, 0.25) is 0 Å². The number of nitrogens with zero attached hydrogens (tertiary/aromatic N) is 2. The first-order chi connectivity index (χ1) is 34.5. The number of fused-ring (bicyclic) bond motifs is 4. The Morgan fingerprint density at radius 1 is 0.542 bits per heavy atom. The van der Waals surface area contributed by atoms with E-state index in [1.165, 1.54) is 16.9 Å². The summed E-state index contributed by atoms with van der Waals surface area (Å²) in [6.07, 6.45) is -0.869. The molecule has 6 aromatic rings. The molecule has 2 amide bonds. The van der Waals surface area contributed by atoms with E-state index in [1.807, 2.05) is 121 Å². The third-order valence-corrected chi connectivity index (χ3v) is 12.5. The van der Waals surface area contributed by atoms with Crippen LogP contribution in [0.2, 0.25) is 0 Å². The van der Waals surface area contributed by atoms with Crippen molar-refractivity contribution in [3.63, 3.8) is 0 Å². The molecule has 10 rings (SSSR count). The van der Waals surface area contributed by atoms with Crippen LogP contribution in [0, 0.1) is 0 Å². The zero-order valence-corrected chi connectivity index (χ0v) is 40.0. The van der Waals surface area contributed by atoms with Crippen LogP contribution in [-0.4, -0.2) is 82.5 Å². The highest BCUT2D eigenvalue weighted by Gasteiger charge is 2.49. The first-order valence-electron chi connectivity index (χ1n) is 23.1. The fraction of sp³-hybridized carbons (Fsp3) is 0.250. The first kappa shape index (κ1) is 48.4. The number of esters is 3. The standard InChI is InChI=1S/C30H29NO7.C26H21NO7/c1-29(2,3)38-26(32)17-23(28(34)35-4)31-18-19-15-24-25(16-22(19)27(31)33)37-30(36-24,20-11-7-5-8-12-20)21-13-9-6-10-14-21;1-32-25(31)20(14-23(28)29)27-15-16-12-21-22(13-19(16)24(27)30)34-26(33-21,17-8-4-2-5-9-17)18-10-6-3-7-11-18/h5-16,23H,17-18H2,1-4H3;2-13,20H,14-15H2,1H3,(H,28,29)/t23-;20-/m00/s1. The van der Waals surface area contributed by atoms with Gasteiger partial charge >= 0.3 is 35.5 Å². The largest absolute Gasteiger partial charge is 0.481 e. The van der Waals surface area contributed by atoms with Crippen molar-refractivity contribution in [2.24, 2.45) is 0 Å². The fourth-order valence-electron chi connectivity index (χ4n) is 9.22. The number of hydrogen-bond donors (Lipinski definition) is 1. The Labute approximate surface area is 414 Å². The van der Waals surface area contributed by atoms with Gasteiger partial charge in [0.05, 0.1) is 27.1 Å². The van der Waals surface area contributed by atoms with E-state index in [2.05, 4.69) is 0 Å². The van der Waals surface area contributed by atoms with Crippen molar-refractivity contribution >= 4 is 35.7 Å². The molecular formula is C56H50N2O14. The van der Waals surface area contributed by atoms with Crippen LogP contribution in [0.25, 0.3) is 0 Å². The quantitative estimate of drug-likeness (QED) is 0.0918. The van der Waals surface area contributed by atoms with Crippen molar-refractivity contribution in [3.05, 3.63) is 190 Å². The molecule has 368 valence electrons. The Kier molecular flexibility index (Phi) is 12.9. The number of rotatable bonds is 12. The van der Waals surface area contributed by atoms with Crippen molar-refractivity contribution in [3.8, 4) is 23.0 Å². The number of hydrogen-bond acceptors (Lipinski definition) is 13. The van der Waals surface area contributed by atoms with Gasteiger partial charge in [-0.25, -0.2) is 9.59 Å². The van der Waals surface area contributed by atoms with Crippen LogP contribution in [0.4, 0.5) is 0 Å². The van der Waals surface area contributed by atoms with Crippen LogP contribution in [0.15, 0.2) is 146 Å². The molecular weight excluding hydrogens is 925 g/mol. The Hall–Kier alpha value is -8.66. The monoisotopic (exact) mass is 974 g/mol. The molecule has 16 heteroatoms. The van der Waals surface area contributed by atoms with Crippen molar-refractivity contribution in [1.82, 2.24) is 9.80 Å². The molecule has 0 saturated carbocycles. The van der Waals surface area contributed by atoms with Crippen LogP contribution in [0.5, 0.6) is 23.0 Å². The fourth-order valence-corrected chi connectivity index (χ4v) is 9.22. The molecule has 4 aliphatic rings. The van der Waals surface area contributed by atoms with Gasteiger partial charge in [-0.15, -0.1) is 0 Å². The van der Waals surface area contributed by atoms with E-state index < -0.39 is 71.4 Å². The van der Waals surface area contributed by atoms with Gasteiger partial charge in [0.15, 0.2) is 23.0 Å². The zero-order valence-electron chi connectivity index (χ0n) is 40.0. The number of aliphatic carboxylic acids is 1. The minimum atomic E-state index is -1.23. The maximum absolute atomic E-state index is 13.5. The zero-order chi connectivity index (χ0) is 51.0. The van der Waals surface area contributed by atoms with Gasteiger partial charge in [-0.3, -0.25) is 19.2 Å². The van der Waals surface area contributed by atoms with Crippen LogP contribution in [-0.2, 0) is 58.1 Å². The molecule has 0 fully saturated rings. The molecule has 0 radical (unpaired) electrons. The third-order valence-electron chi connectivity index (χ3n) is 12.5. The second-order valence-electron chi connectivity index (χ2n) is 18.4. The van der Waals surface area contributed by atoms with E-state index in [0.29, 0.717) is 45.3 Å². The maximum atomic E-state index is 13.5. The lowest BCUT2D eigenvalue weighted by atomic mass is 9.97. The Morgan fingerprint density at radius 2 is 0.861 bits per heavy atom. The molecule has 0 unspecified atom stereocenters. The Morgan fingerprint density at radius 3 is 1.17 bits per heavy atom. The Bertz CT molecular complexity index is 2990. The van der Waals surface area contributed by atoms with Gasteiger partial charge in [0, 0.05) is 46.5 Å². The highest BCUT2D eigenvalue weighted by molar-refractivity contribution is 6.03. The molecule has 0 bridgehead atoms. The second kappa shape index (κ2) is 19.3. The third kappa shape index (κ3) is 9.14. The van der Waals surface area contributed by atoms with Crippen molar-refractivity contribution in [2.45, 2.75) is 76.0 Å². The molecule has 0 saturated heterocycles. The van der Waals surface area contributed by atoms with Crippen LogP contribution >= 0.6 is 0 Å². The first-order valence-corrected chi connectivity index (χ1v) is 23.1. The number of carbonyl (C=O) groups is 6. The van der Waals surface area contributed by atoms with Crippen LogP contribution in [0.3, 0.4) is 0 Å². The highest BCUT2D eigenvalue weighted by atomic mass is 16.7. The topological polar surface area (TPSA) is 194 Å². The molecule has 0 aliphatic carbocycles. The summed E-state index contributed by atoms with van der Waals surface area (Å²) >= 11 is 0. The van der Waals surface area contributed by atoms with Crippen molar-refractivity contribution in [1.29, 1.82) is 0 Å². The molecule has 4 aliphatic heterocycles. The molecule has 6 aromatic carbocycles. The maximum Gasteiger partial charge on any atom is 0.329 e. The molecule has 0 spiro atoms. The predicted octanol–water partition coefficient (Wildman–Crippen LogP) is 7.92. The number of carboxylic acids is 1. The lowest BCUT2D eigenvalue weighted by Gasteiger charge is -2.28. The number of carboxylic acid groups (broad SMARTS) is 1. The minimum absolute atomic E-state index is 0.0571. The van der Waals surface area contributed by atoms with Gasteiger partial charge in [0.25, 0.3) is 11.8 Å². The minimum Gasteiger partial charge on any atom is -0.481 e. The molecule has 16 nitrogen and oxygen atoms in total. The van der Waals surface area contributed by atoms with Crippen molar-refractivity contribution in [2.75, 3.05) is 14.2 Å². The summed E-state index contributed by atoms with van der Waals surface area (Å²) < 4.78 is 40.8. The highest BCUT2D eigenvalue weighted by Crippen LogP contribution is 2.51. The molecule has 1 N–H and O–H groups in total. The molecule has 0 aromatic heterocycles. The van der Waals surface area contributed by atoms with Crippen LogP contribution < -0.4 is 18.9 Å². The summed E-state index contributed by atoms with van der Waals surface area (Å²) in [4.78, 5) is 77.8. The summed E-state index contributed by atoms with van der Waals surface area (Å²) in [5.41, 5.74) is 4.44. The number of amides is 2. The van der Waals surface area contributed by atoms with Gasteiger partial charge in [-0.05, 0) is 56.2 Å². The Balaban J connectivity index is 0.000000179. The number of carbonyl (C=O) groups excluding carboxylic acids is 5. The van der Waals surface area contributed by atoms with E-state index in [9.17, 15) is 33.9 Å². The van der Waals surface area contributed by atoms with Gasteiger partial charge < -0.3 is 48.1 Å². The summed E-state index contributed by atoms with van der Waals surface area (Å²) in [6.45, 7) is 5.38. The molecule has 4 heterocycles. The second-order valence-corrected chi connectivity index (χ2v) is 18.4.